The van der Waals surface area contributed by atoms with Crippen molar-refractivity contribution in [2.24, 2.45) is 4.99 Å². The first-order valence-corrected chi connectivity index (χ1v) is 9.38. The predicted octanol–water partition coefficient (Wildman–Crippen LogP) is 4.75. The molecule has 0 radical (unpaired) electrons. The summed E-state index contributed by atoms with van der Waals surface area (Å²) in [5.74, 6) is 0. The van der Waals surface area contributed by atoms with E-state index in [-0.39, 0.29) is 0 Å². The molecule has 0 aromatic heterocycles. The SMILES string of the molecule is O=S1(=O)c2ccccc2C=Cc2ccc(C=Nc3ccccc3)cc21. The van der Waals surface area contributed by atoms with Crippen molar-refractivity contribution in [1.82, 2.24) is 0 Å². The number of benzene rings is 3. The van der Waals surface area contributed by atoms with Crippen LogP contribution in [0.5, 0.6) is 0 Å². The maximum absolute atomic E-state index is 13.1. The summed E-state index contributed by atoms with van der Waals surface area (Å²) in [7, 11) is -3.57. The van der Waals surface area contributed by atoms with Gasteiger partial charge in [-0.05, 0) is 41.0 Å². The van der Waals surface area contributed by atoms with Crippen LogP contribution in [0.3, 0.4) is 0 Å². The van der Waals surface area contributed by atoms with Gasteiger partial charge in [0.1, 0.15) is 0 Å². The van der Waals surface area contributed by atoms with E-state index in [9.17, 15) is 8.42 Å². The van der Waals surface area contributed by atoms with Crippen molar-refractivity contribution in [3.8, 4) is 0 Å². The van der Waals surface area contributed by atoms with Gasteiger partial charge in [-0.25, -0.2) is 8.42 Å². The third-order valence-electron chi connectivity index (χ3n) is 4.10. The molecule has 0 N–H and O–H groups in total. The fourth-order valence-corrected chi connectivity index (χ4v) is 4.50. The van der Waals surface area contributed by atoms with Crippen LogP contribution in [0.4, 0.5) is 5.69 Å². The fourth-order valence-electron chi connectivity index (χ4n) is 2.83. The summed E-state index contributed by atoms with van der Waals surface area (Å²) in [4.78, 5) is 5.05. The minimum absolute atomic E-state index is 0.311. The van der Waals surface area contributed by atoms with Crippen molar-refractivity contribution in [3.05, 3.63) is 89.5 Å². The third-order valence-corrected chi connectivity index (χ3v) is 5.98. The summed E-state index contributed by atoms with van der Waals surface area (Å²) in [5.41, 5.74) is 2.97. The molecule has 0 saturated heterocycles. The van der Waals surface area contributed by atoms with E-state index in [1.165, 1.54) is 0 Å². The van der Waals surface area contributed by atoms with Crippen LogP contribution in [-0.2, 0) is 9.84 Å². The van der Waals surface area contributed by atoms with E-state index in [0.29, 0.717) is 20.9 Å². The van der Waals surface area contributed by atoms with Gasteiger partial charge >= 0.3 is 0 Å². The zero-order valence-electron chi connectivity index (χ0n) is 13.3. The Morgan fingerprint density at radius 3 is 2.20 bits per heavy atom. The van der Waals surface area contributed by atoms with Crippen LogP contribution < -0.4 is 0 Å². The van der Waals surface area contributed by atoms with Gasteiger partial charge in [0.25, 0.3) is 0 Å². The molecule has 0 saturated carbocycles. The molecular weight excluding hydrogens is 330 g/mol. The van der Waals surface area contributed by atoms with Crippen molar-refractivity contribution >= 4 is 33.9 Å². The number of nitrogens with zero attached hydrogens (tertiary/aromatic N) is 1. The van der Waals surface area contributed by atoms with Crippen LogP contribution in [0.2, 0.25) is 0 Å². The van der Waals surface area contributed by atoms with Crippen LogP contribution in [-0.4, -0.2) is 14.6 Å². The fraction of sp³-hybridized carbons (Fsp3) is 0. The predicted molar refractivity (Wildman–Crippen MR) is 101 cm³/mol. The average Bonchev–Trinajstić information content (AvgIpc) is 2.76. The zero-order chi connectivity index (χ0) is 17.3. The van der Waals surface area contributed by atoms with Gasteiger partial charge < -0.3 is 0 Å². The second kappa shape index (κ2) is 6.15. The molecule has 4 rings (SSSR count). The highest BCUT2D eigenvalue weighted by Gasteiger charge is 2.25. The van der Waals surface area contributed by atoms with E-state index >= 15 is 0 Å². The first kappa shape index (κ1) is 15.5. The first-order chi connectivity index (χ1) is 12.1. The van der Waals surface area contributed by atoms with E-state index in [0.717, 1.165) is 11.3 Å². The molecule has 4 heteroatoms. The molecule has 0 fully saturated rings. The van der Waals surface area contributed by atoms with E-state index < -0.39 is 9.84 Å². The summed E-state index contributed by atoms with van der Waals surface area (Å²) >= 11 is 0. The monoisotopic (exact) mass is 345 g/mol. The molecule has 0 bridgehead atoms. The van der Waals surface area contributed by atoms with Gasteiger partial charge in [0.15, 0.2) is 0 Å². The van der Waals surface area contributed by atoms with Crippen molar-refractivity contribution < 1.29 is 8.42 Å². The van der Waals surface area contributed by atoms with Crippen LogP contribution in [0.1, 0.15) is 16.7 Å². The van der Waals surface area contributed by atoms with Gasteiger partial charge in [-0.1, -0.05) is 60.7 Å². The van der Waals surface area contributed by atoms with Crippen molar-refractivity contribution in [2.75, 3.05) is 0 Å². The molecule has 3 aromatic rings. The minimum atomic E-state index is -3.57. The molecule has 1 aliphatic rings. The second-order valence-corrected chi connectivity index (χ2v) is 7.65. The number of rotatable bonds is 2. The topological polar surface area (TPSA) is 46.5 Å². The largest absolute Gasteiger partial charge is 0.256 e. The van der Waals surface area contributed by atoms with Gasteiger partial charge in [0.2, 0.25) is 9.84 Å². The van der Waals surface area contributed by atoms with Crippen LogP contribution in [0.15, 0.2) is 87.6 Å². The lowest BCUT2D eigenvalue weighted by Crippen LogP contribution is -2.05. The number of hydrogen-bond donors (Lipinski definition) is 0. The van der Waals surface area contributed by atoms with Gasteiger partial charge in [0.05, 0.1) is 15.5 Å². The molecule has 0 atom stereocenters. The highest BCUT2D eigenvalue weighted by atomic mass is 32.2. The smallest absolute Gasteiger partial charge is 0.207 e. The molecule has 3 aromatic carbocycles. The summed E-state index contributed by atoms with van der Waals surface area (Å²) in [6.07, 6.45) is 5.37. The molecule has 3 nitrogen and oxygen atoms in total. The molecule has 0 spiro atoms. The summed E-state index contributed by atoms with van der Waals surface area (Å²) in [6.45, 7) is 0. The Morgan fingerprint density at radius 2 is 1.40 bits per heavy atom. The van der Waals surface area contributed by atoms with Crippen molar-refractivity contribution in [3.63, 3.8) is 0 Å². The van der Waals surface area contributed by atoms with Gasteiger partial charge in [-0.15, -0.1) is 0 Å². The Bertz CT molecular complexity index is 1100. The highest BCUT2D eigenvalue weighted by Crippen LogP contribution is 2.32. The quantitative estimate of drug-likeness (QED) is 0.492. The van der Waals surface area contributed by atoms with Gasteiger partial charge in [-0.2, -0.15) is 0 Å². The molecule has 0 amide bonds. The molecular formula is C21H15NO2S. The van der Waals surface area contributed by atoms with E-state index in [4.69, 9.17) is 0 Å². The molecule has 0 unspecified atom stereocenters. The number of sulfone groups is 1. The lowest BCUT2D eigenvalue weighted by molar-refractivity contribution is 0.596. The molecule has 122 valence electrons. The van der Waals surface area contributed by atoms with E-state index in [1.807, 2.05) is 66.7 Å². The molecule has 1 heterocycles. The van der Waals surface area contributed by atoms with Gasteiger partial charge in [0, 0.05) is 6.21 Å². The highest BCUT2D eigenvalue weighted by molar-refractivity contribution is 7.91. The van der Waals surface area contributed by atoms with Crippen LogP contribution in [0.25, 0.3) is 12.2 Å². The molecule has 25 heavy (non-hydrogen) atoms. The lowest BCUT2D eigenvalue weighted by Gasteiger charge is -2.08. The Labute approximate surface area is 146 Å². The molecule has 1 aliphatic heterocycles. The maximum Gasteiger partial charge on any atom is 0.207 e. The van der Waals surface area contributed by atoms with Crippen molar-refractivity contribution in [2.45, 2.75) is 9.79 Å². The molecule has 0 aliphatic carbocycles. The summed E-state index contributed by atoms with van der Waals surface area (Å²) < 4.78 is 26.1. The van der Waals surface area contributed by atoms with E-state index in [2.05, 4.69) is 4.99 Å². The second-order valence-electron chi connectivity index (χ2n) is 5.77. The average molecular weight is 345 g/mol. The van der Waals surface area contributed by atoms with Crippen molar-refractivity contribution in [1.29, 1.82) is 0 Å². The van der Waals surface area contributed by atoms with Crippen LogP contribution >= 0.6 is 0 Å². The Kier molecular flexibility index (Phi) is 3.82. The Morgan fingerprint density at radius 1 is 0.720 bits per heavy atom. The first-order valence-electron chi connectivity index (χ1n) is 7.90. The van der Waals surface area contributed by atoms with E-state index in [1.54, 1.807) is 24.4 Å². The third kappa shape index (κ3) is 2.92. The minimum Gasteiger partial charge on any atom is -0.256 e. The van der Waals surface area contributed by atoms with Crippen LogP contribution in [0, 0.1) is 0 Å². The maximum atomic E-state index is 13.1. The number of hydrogen-bond acceptors (Lipinski definition) is 3. The number of para-hydroxylation sites is 1. The standard InChI is InChI=1S/C21H15NO2S/c23-25(24)20-9-5-4-6-17(20)12-13-18-11-10-16(14-21(18)25)15-22-19-7-2-1-3-8-19/h1-15H. The number of fused-ring (bicyclic) bond motifs is 2. The lowest BCUT2D eigenvalue weighted by atomic mass is 10.1. The summed E-state index contributed by atoms with van der Waals surface area (Å²) in [5, 5.41) is 0. The van der Waals surface area contributed by atoms with Gasteiger partial charge in [-0.3, -0.25) is 4.99 Å². The number of aliphatic imine (C=N–C) groups is 1. The normalized spacial score (nSPS) is 14.7. The Balaban J connectivity index is 1.81. The Hall–Kier alpha value is -2.98. The summed E-state index contributed by atoms with van der Waals surface area (Å²) in [6, 6.07) is 22.0. The zero-order valence-corrected chi connectivity index (χ0v) is 14.1.